The third kappa shape index (κ3) is 3.26. The van der Waals surface area contributed by atoms with Gasteiger partial charge >= 0.3 is 0 Å². The molecule has 1 fully saturated rings. The summed E-state index contributed by atoms with van der Waals surface area (Å²) in [7, 11) is 1.85. The van der Waals surface area contributed by atoms with Crippen LogP contribution in [0.25, 0.3) is 0 Å². The first-order valence-corrected chi connectivity index (χ1v) is 6.88. The molecule has 4 heteroatoms. The topological polar surface area (TPSA) is 43.8 Å². The van der Waals surface area contributed by atoms with Crippen molar-refractivity contribution in [3.63, 3.8) is 0 Å². The maximum absolute atomic E-state index is 11.9. The summed E-state index contributed by atoms with van der Waals surface area (Å²) >= 11 is 0. The van der Waals surface area contributed by atoms with Gasteiger partial charge < -0.3 is 14.9 Å². The fraction of sp³-hybridized carbons (Fsp3) is 0.533. The molecule has 2 rings (SSSR count). The molecular formula is C15H22N2O2. The molecule has 0 radical (unpaired) electrons. The Kier molecular flexibility index (Phi) is 4.43. The first kappa shape index (κ1) is 13.9. The van der Waals surface area contributed by atoms with Crippen LogP contribution in [0.5, 0.6) is 0 Å². The Morgan fingerprint density at radius 1 is 1.26 bits per heavy atom. The zero-order valence-corrected chi connectivity index (χ0v) is 11.7. The maximum Gasteiger partial charge on any atom is 0.241 e. The Hall–Kier alpha value is -1.55. The third-order valence-electron chi connectivity index (χ3n) is 3.70. The number of hydrogen-bond acceptors (Lipinski definition) is 3. The van der Waals surface area contributed by atoms with Gasteiger partial charge in [0.15, 0.2) is 0 Å². The average Bonchev–Trinajstić information content (AvgIpc) is 2.60. The van der Waals surface area contributed by atoms with Crippen molar-refractivity contribution in [3.8, 4) is 0 Å². The molecule has 1 heterocycles. The molecule has 104 valence electrons. The molecule has 0 bridgehead atoms. The van der Waals surface area contributed by atoms with Gasteiger partial charge in [-0.3, -0.25) is 4.79 Å². The molecule has 1 aromatic rings. The van der Waals surface area contributed by atoms with Gasteiger partial charge in [-0.1, -0.05) is 19.1 Å². The first-order chi connectivity index (χ1) is 9.11. The van der Waals surface area contributed by atoms with E-state index in [1.165, 1.54) is 0 Å². The molecule has 0 spiro atoms. The molecule has 19 heavy (non-hydrogen) atoms. The lowest BCUT2D eigenvalue weighted by atomic mass is 10.1. The second kappa shape index (κ2) is 6.06. The number of anilines is 1. The molecular weight excluding hydrogens is 240 g/mol. The summed E-state index contributed by atoms with van der Waals surface area (Å²) in [6, 6.07) is 7.88. The lowest BCUT2D eigenvalue weighted by Crippen LogP contribution is -2.34. The van der Waals surface area contributed by atoms with Gasteiger partial charge in [0.1, 0.15) is 0 Å². The van der Waals surface area contributed by atoms with Crippen LogP contribution in [0.1, 0.15) is 31.4 Å². The normalized spacial score (nSPS) is 18.4. The molecule has 1 aromatic carbocycles. The van der Waals surface area contributed by atoms with E-state index in [1.54, 1.807) is 4.90 Å². The molecule has 1 atom stereocenters. The Morgan fingerprint density at radius 3 is 2.58 bits per heavy atom. The molecule has 1 amide bonds. The molecule has 0 aliphatic carbocycles. The van der Waals surface area contributed by atoms with Crippen LogP contribution in [0.4, 0.5) is 5.69 Å². The van der Waals surface area contributed by atoms with Crippen LogP contribution in [-0.4, -0.2) is 42.6 Å². The number of nitrogens with zero attached hydrogens (tertiary/aromatic N) is 2. The highest BCUT2D eigenvalue weighted by atomic mass is 16.3. The van der Waals surface area contributed by atoms with Crippen LogP contribution in [0.2, 0.25) is 0 Å². The van der Waals surface area contributed by atoms with Crippen LogP contribution in [0.3, 0.4) is 0 Å². The van der Waals surface area contributed by atoms with Crippen molar-refractivity contribution in [2.24, 2.45) is 0 Å². The fourth-order valence-electron chi connectivity index (χ4n) is 2.35. The van der Waals surface area contributed by atoms with E-state index in [9.17, 15) is 9.90 Å². The highest BCUT2D eigenvalue weighted by Gasteiger charge is 2.19. The Morgan fingerprint density at radius 2 is 1.95 bits per heavy atom. The number of carbonyl (C=O) groups is 1. The molecule has 4 nitrogen and oxygen atoms in total. The second-order valence-electron chi connectivity index (χ2n) is 5.11. The Bertz CT molecular complexity index is 430. The number of benzene rings is 1. The van der Waals surface area contributed by atoms with E-state index in [-0.39, 0.29) is 5.91 Å². The van der Waals surface area contributed by atoms with E-state index in [0.29, 0.717) is 13.0 Å². The zero-order valence-electron chi connectivity index (χ0n) is 11.7. The molecule has 0 unspecified atom stereocenters. The van der Waals surface area contributed by atoms with Crippen LogP contribution in [0, 0.1) is 0 Å². The monoisotopic (exact) mass is 262 g/mol. The van der Waals surface area contributed by atoms with Gasteiger partial charge in [0.2, 0.25) is 5.91 Å². The zero-order chi connectivity index (χ0) is 13.8. The van der Waals surface area contributed by atoms with Crippen molar-refractivity contribution < 1.29 is 9.90 Å². The van der Waals surface area contributed by atoms with Gasteiger partial charge in [0.25, 0.3) is 0 Å². The van der Waals surface area contributed by atoms with Gasteiger partial charge in [-0.2, -0.15) is 0 Å². The van der Waals surface area contributed by atoms with Gasteiger partial charge in [-0.05, 0) is 30.5 Å². The quantitative estimate of drug-likeness (QED) is 0.903. The van der Waals surface area contributed by atoms with E-state index in [1.807, 2.05) is 38.2 Å². The highest BCUT2D eigenvalue weighted by molar-refractivity contribution is 5.81. The molecule has 0 aromatic heterocycles. The molecule has 0 saturated carbocycles. The first-order valence-electron chi connectivity index (χ1n) is 6.88. The summed E-state index contributed by atoms with van der Waals surface area (Å²) in [5, 5.41) is 9.78. The predicted molar refractivity (Wildman–Crippen MR) is 76.2 cm³/mol. The largest absolute Gasteiger partial charge is 0.388 e. The number of aliphatic hydroxyl groups excluding tert-OH is 1. The van der Waals surface area contributed by atoms with Crippen LogP contribution in [-0.2, 0) is 4.79 Å². The standard InChI is InChI=1S/C15H22N2O2/c1-3-14(18)12-5-7-13(8-6-12)17-10-4-9-16(2)15(19)11-17/h5-8,14,18H,3-4,9-11H2,1-2H3/t14-/m0/s1. The smallest absolute Gasteiger partial charge is 0.241 e. The molecule has 1 saturated heterocycles. The number of rotatable bonds is 3. The average molecular weight is 262 g/mol. The van der Waals surface area contributed by atoms with Gasteiger partial charge in [-0.25, -0.2) is 0 Å². The van der Waals surface area contributed by atoms with Crippen molar-refractivity contribution in [1.82, 2.24) is 4.90 Å². The third-order valence-corrected chi connectivity index (χ3v) is 3.70. The van der Waals surface area contributed by atoms with E-state index in [2.05, 4.69) is 4.90 Å². The number of aliphatic hydroxyl groups is 1. The predicted octanol–water partition coefficient (Wildman–Crippen LogP) is 1.80. The van der Waals surface area contributed by atoms with Crippen molar-refractivity contribution in [2.75, 3.05) is 31.6 Å². The number of likely N-dealkylation sites (N-methyl/N-ethyl adjacent to an activating group) is 1. The SMILES string of the molecule is CC[C@H](O)c1ccc(N2CCCN(C)C(=O)C2)cc1. The fourth-order valence-corrected chi connectivity index (χ4v) is 2.35. The number of carbonyl (C=O) groups excluding carboxylic acids is 1. The summed E-state index contributed by atoms with van der Waals surface area (Å²) in [5.74, 6) is 0.162. The minimum absolute atomic E-state index is 0.162. The Labute approximate surface area is 114 Å². The Balaban J connectivity index is 2.11. The lowest BCUT2D eigenvalue weighted by Gasteiger charge is -2.22. The summed E-state index contributed by atoms with van der Waals surface area (Å²) in [6.45, 7) is 4.11. The van der Waals surface area contributed by atoms with Crippen LogP contribution in [0.15, 0.2) is 24.3 Å². The molecule has 1 aliphatic heterocycles. The summed E-state index contributed by atoms with van der Waals surface area (Å²) in [6.07, 6.45) is 1.31. The summed E-state index contributed by atoms with van der Waals surface area (Å²) in [4.78, 5) is 15.8. The van der Waals surface area contributed by atoms with E-state index >= 15 is 0 Å². The minimum atomic E-state index is -0.397. The van der Waals surface area contributed by atoms with Crippen LogP contribution >= 0.6 is 0 Å². The van der Waals surface area contributed by atoms with Gasteiger partial charge in [0.05, 0.1) is 12.6 Å². The van der Waals surface area contributed by atoms with Crippen molar-refractivity contribution >= 4 is 11.6 Å². The van der Waals surface area contributed by atoms with Gasteiger partial charge in [-0.15, -0.1) is 0 Å². The maximum atomic E-state index is 11.9. The number of hydrogen-bond donors (Lipinski definition) is 1. The minimum Gasteiger partial charge on any atom is -0.388 e. The van der Waals surface area contributed by atoms with Gasteiger partial charge in [0, 0.05) is 25.8 Å². The van der Waals surface area contributed by atoms with Crippen molar-refractivity contribution in [1.29, 1.82) is 0 Å². The summed E-state index contributed by atoms with van der Waals surface area (Å²) < 4.78 is 0. The van der Waals surface area contributed by atoms with Crippen LogP contribution < -0.4 is 4.90 Å². The van der Waals surface area contributed by atoms with Crippen molar-refractivity contribution in [2.45, 2.75) is 25.9 Å². The second-order valence-corrected chi connectivity index (χ2v) is 5.11. The molecule has 1 aliphatic rings. The van der Waals surface area contributed by atoms with E-state index in [4.69, 9.17) is 0 Å². The number of amides is 1. The van der Waals surface area contributed by atoms with Crippen molar-refractivity contribution in [3.05, 3.63) is 29.8 Å². The highest BCUT2D eigenvalue weighted by Crippen LogP contribution is 2.22. The van der Waals surface area contributed by atoms with E-state index in [0.717, 1.165) is 30.8 Å². The molecule has 1 N–H and O–H groups in total. The summed E-state index contributed by atoms with van der Waals surface area (Å²) in [5.41, 5.74) is 1.99. The van der Waals surface area contributed by atoms with E-state index < -0.39 is 6.10 Å². The lowest BCUT2D eigenvalue weighted by molar-refractivity contribution is -0.127.